The molecule has 3 rings (SSSR count). The first kappa shape index (κ1) is 18.7. The van der Waals surface area contributed by atoms with Crippen molar-refractivity contribution in [2.24, 2.45) is 5.92 Å². The van der Waals surface area contributed by atoms with Crippen LogP contribution in [0.15, 0.2) is 18.3 Å². The molecule has 2 aromatic rings. The highest BCUT2D eigenvalue weighted by molar-refractivity contribution is 7.89. The molecule has 0 unspecified atom stereocenters. The van der Waals surface area contributed by atoms with Crippen molar-refractivity contribution in [1.29, 1.82) is 0 Å². The van der Waals surface area contributed by atoms with Crippen molar-refractivity contribution >= 4 is 21.6 Å². The normalized spacial score (nSPS) is 20.8. The third-order valence-corrected chi connectivity index (χ3v) is 6.38. The van der Waals surface area contributed by atoms with E-state index < -0.39 is 33.8 Å². The van der Waals surface area contributed by atoms with Crippen LogP contribution >= 0.6 is 0 Å². The van der Waals surface area contributed by atoms with Gasteiger partial charge in [0, 0.05) is 26.2 Å². The van der Waals surface area contributed by atoms with Gasteiger partial charge in [-0.05, 0) is 18.6 Å². The molecule has 1 N–H and O–H groups in total. The summed E-state index contributed by atoms with van der Waals surface area (Å²) in [5.74, 6) is -2.00. The Balaban J connectivity index is 1.78. The quantitative estimate of drug-likeness (QED) is 0.806. The maximum atomic E-state index is 14.5. The van der Waals surface area contributed by atoms with Crippen LogP contribution in [-0.2, 0) is 14.8 Å². The second kappa shape index (κ2) is 6.93. The molecule has 1 amide bonds. The number of aryl methyl sites for hydroxylation is 1. The fraction of sp³-hybridized carbons (Fsp3) is 0.500. The van der Waals surface area contributed by atoms with E-state index in [9.17, 15) is 17.6 Å². The molecule has 26 heavy (non-hydrogen) atoms. The Morgan fingerprint density at radius 1 is 1.42 bits per heavy atom. The van der Waals surface area contributed by atoms with E-state index in [-0.39, 0.29) is 24.7 Å². The van der Waals surface area contributed by atoms with E-state index in [0.717, 1.165) is 9.87 Å². The predicted molar refractivity (Wildman–Crippen MR) is 92.9 cm³/mol. The van der Waals surface area contributed by atoms with Crippen LogP contribution in [0.4, 0.5) is 4.39 Å². The summed E-state index contributed by atoms with van der Waals surface area (Å²) in [4.78, 5) is 16.5. The third kappa shape index (κ3) is 3.57. The van der Waals surface area contributed by atoms with Gasteiger partial charge in [0.15, 0.2) is 5.69 Å². The number of nitrogens with zero attached hydrogens (tertiary/aromatic N) is 3. The summed E-state index contributed by atoms with van der Waals surface area (Å²) in [5, 5.41) is 2.66. The number of imidazole rings is 1. The molecule has 3 heterocycles. The first-order chi connectivity index (χ1) is 12.2. The molecule has 0 aromatic carbocycles. The van der Waals surface area contributed by atoms with Crippen LogP contribution in [0.3, 0.4) is 0 Å². The Bertz CT molecular complexity index is 941. The molecule has 10 heteroatoms. The zero-order chi connectivity index (χ0) is 19.1. The largest absolute Gasteiger partial charge is 0.379 e. The molecule has 0 bridgehead atoms. The lowest BCUT2D eigenvalue weighted by atomic mass is 10.1. The molecule has 0 aliphatic carbocycles. The molecule has 1 saturated heterocycles. The minimum atomic E-state index is -3.44. The van der Waals surface area contributed by atoms with Crippen molar-refractivity contribution in [3.05, 3.63) is 35.5 Å². The van der Waals surface area contributed by atoms with Gasteiger partial charge in [-0.3, -0.25) is 9.20 Å². The zero-order valence-electron chi connectivity index (χ0n) is 14.8. The van der Waals surface area contributed by atoms with Gasteiger partial charge in [0.2, 0.25) is 16.0 Å². The van der Waals surface area contributed by atoms with Crippen molar-refractivity contribution in [1.82, 2.24) is 19.0 Å². The minimum Gasteiger partial charge on any atom is -0.379 e. The molecule has 0 spiro atoms. The topological polar surface area (TPSA) is 93.0 Å². The SMILES string of the molecule is Cc1ccc2nc(C(=O)N[C@H]3COC[C@H]3CS(=O)(=O)N(C)C)c(F)n2c1. The van der Waals surface area contributed by atoms with Gasteiger partial charge in [0.25, 0.3) is 5.91 Å². The van der Waals surface area contributed by atoms with Crippen LogP contribution in [-0.4, -0.2) is 67.1 Å². The molecular weight excluding hydrogens is 363 g/mol. The van der Waals surface area contributed by atoms with Crippen LogP contribution in [0.25, 0.3) is 5.65 Å². The van der Waals surface area contributed by atoms with Crippen LogP contribution in [0.5, 0.6) is 0 Å². The third-order valence-electron chi connectivity index (χ3n) is 4.42. The summed E-state index contributed by atoms with van der Waals surface area (Å²) < 4.78 is 46.3. The summed E-state index contributed by atoms with van der Waals surface area (Å²) in [7, 11) is -0.538. The van der Waals surface area contributed by atoms with E-state index in [1.165, 1.54) is 18.5 Å². The van der Waals surface area contributed by atoms with Crippen molar-refractivity contribution in [3.63, 3.8) is 0 Å². The molecule has 2 atom stereocenters. The number of hydrogen-bond acceptors (Lipinski definition) is 5. The van der Waals surface area contributed by atoms with Gasteiger partial charge in [0.05, 0.1) is 25.0 Å². The standard InChI is InChI=1S/C16H21FN4O4S/c1-10-4-5-13-19-14(15(17)21(13)6-10)16(22)18-12-8-25-7-11(12)9-26(23,24)20(2)3/h4-6,11-12H,7-9H2,1-3H3,(H,18,22)/t11-,12-/m0/s1. The molecule has 0 radical (unpaired) electrons. The van der Waals surface area contributed by atoms with Crippen molar-refractivity contribution in [3.8, 4) is 0 Å². The number of amides is 1. The molecule has 142 valence electrons. The summed E-state index contributed by atoms with van der Waals surface area (Å²) in [6.07, 6.45) is 1.56. The predicted octanol–water partition coefficient (Wildman–Crippen LogP) is 0.418. The van der Waals surface area contributed by atoms with Crippen LogP contribution in [0.1, 0.15) is 16.1 Å². The maximum absolute atomic E-state index is 14.5. The second-order valence-corrected chi connectivity index (χ2v) is 8.85. The Morgan fingerprint density at radius 3 is 2.85 bits per heavy atom. The highest BCUT2D eigenvalue weighted by atomic mass is 32.2. The maximum Gasteiger partial charge on any atom is 0.274 e. The Kier molecular flexibility index (Phi) is 5.00. The average Bonchev–Trinajstić information content (AvgIpc) is 3.12. The fourth-order valence-electron chi connectivity index (χ4n) is 2.85. The number of halogens is 1. The number of nitrogens with one attached hydrogen (secondary N) is 1. The number of rotatable bonds is 5. The highest BCUT2D eigenvalue weighted by Crippen LogP contribution is 2.19. The molecular formula is C16H21FN4O4S. The Hall–Kier alpha value is -2.04. The van der Waals surface area contributed by atoms with Gasteiger partial charge in [-0.2, -0.15) is 4.39 Å². The van der Waals surface area contributed by atoms with Gasteiger partial charge in [0.1, 0.15) is 5.65 Å². The summed E-state index contributed by atoms with van der Waals surface area (Å²) in [5.41, 5.74) is 0.836. The number of fused-ring (bicyclic) bond motifs is 1. The number of aromatic nitrogens is 2. The van der Waals surface area contributed by atoms with E-state index in [0.29, 0.717) is 5.65 Å². The van der Waals surface area contributed by atoms with Crippen molar-refractivity contribution in [2.45, 2.75) is 13.0 Å². The van der Waals surface area contributed by atoms with Crippen molar-refractivity contribution in [2.75, 3.05) is 33.1 Å². The number of carbonyl (C=O) groups is 1. The van der Waals surface area contributed by atoms with Crippen LogP contribution < -0.4 is 5.32 Å². The van der Waals surface area contributed by atoms with Crippen LogP contribution in [0.2, 0.25) is 0 Å². The van der Waals surface area contributed by atoms with E-state index >= 15 is 0 Å². The lowest BCUT2D eigenvalue weighted by Crippen LogP contribution is -2.43. The molecule has 2 aromatic heterocycles. The van der Waals surface area contributed by atoms with Crippen LogP contribution in [0, 0.1) is 18.8 Å². The first-order valence-electron chi connectivity index (χ1n) is 8.12. The lowest BCUT2D eigenvalue weighted by molar-refractivity contribution is 0.0917. The van der Waals surface area contributed by atoms with Crippen molar-refractivity contribution < 1.29 is 22.3 Å². The Labute approximate surface area is 151 Å². The number of ether oxygens (including phenoxy) is 1. The smallest absolute Gasteiger partial charge is 0.274 e. The molecule has 0 saturated carbocycles. The molecule has 8 nitrogen and oxygen atoms in total. The first-order valence-corrected chi connectivity index (χ1v) is 9.73. The number of pyridine rings is 1. The summed E-state index contributed by atoms with van der Waals surface area (Å²) in [6.45, 7) is 2.20. The molecule has 1 fully saturated rings. The van der Waals surface area contributed by atoms with Gasteiger partial charge in [-0.15, -0.1) is 0 Å². The summed E-state index contributed by atoms with van der Waals surface area (Å²) in [6, 6.07) is 2.87. The second-order valence-electron chi connectivity index (χ2n) is 6.62. The Morgan fingerprint density at radius 2 is 2.15 bits per heavy atom. The lowest BCUT2D eigenvalue weighted by Gasteiger charge is -2.20. The number of hydrogen-bond donors (Lipinski definition) is 1. The zero-order valence-corrected chi connectivity index (χ0v) is 15.6. The summed E-state index contributed by atoms with van der Waals surface area (Å²) >= 11 is 0. The minimum absolute atomic E-state index is 0.155. The van der Waals surface area contributed by atoms with Gasteiger partial charge >= 0.3 is 0 Å². The van der Waals surface area contributed by atoms with E-state index in [1.807, 2.05) is 6.92 Å². The van der Waals surface area contributed by atoms with Gasteiger partial charge < -0.3 is 10.1 Å². The highest BCUT2D eigenvalue weighted by Gasteiger charge is 2.35. The average molecular weight is 384 g/mol. The molecule has 1 aliphatic rings. The van der Waals surface area contributed by atoms with E-state index in [1.54, 1.807) is 18.3 Å². The van der Waals surface area contributed by atoms with E-state index in [4.69, 9.17) is 4.74 Å². The monoisotopic (exact) mass is 384 g/mol. The molecule has 1 aliphatic heterocycles. The number of carbonyl (C=O) groups excluding carboxylic acids is 1. The van der Waals surface area contributed by atoms with Gasteiger partial charge in [-0.1, -0.05) is 6.07 Å². The fourth-order valence-corrected chi connectivity index (χ4v) is 4.01. The van der Waals surface area contributed by atoms with Gasteiger partial charge in [-0.25, -0.2) is 17.7 Å². The van der Waals surface area contributed by atoms with E-state index in [2.05, 4.69) is 10.3 Å². The number of sulfonamides is 1.